The Morgan fingerprint density at radius 2 is 2.00 bits per heavy atom. The molecule has 0 saturated carbocycles. The number of aliphatic hydroxyl groups excluding tert-OH is 1. The zero-order chi connectivity index (χ0) is 11.0. The highest BCUT2D eigenvalue weighted by Gasteiger charge is 2.16. The third-order valence-corrected chi connectivity index (χ3v) is 2.67. The van der Waals surface area contributed by atoms with Gasteiger partial charge in [0, 0.05) is 11.3 Å². The van der Waals surface area contributed by atoms with Crippen molar-refractivity contribution in [1.29, 1.82) is 0 Å². The molecule has 80 valence electrons. The predicted molar refractivity (Wildman–Crippen MR) is 56.3 cm³/mol. The van der Waals surface area contributed by atoms with Crippen molar-refractivity contribution in [2.75, 3.05) is 0 Å². The Morgan fingerprint density at radius 3 is 2.67 bits per heavy atom. The average Bonchev–Trinajstić information content (AvgIpc) is 2.58. The molecule has 0 aliphatic heterocycles. The molecule has 15 heavy (non-hydrogen) atoms. The van der Waals surface area contributed by atoms with Gasteiger partial charge in [-0.15, -0.1) is 0 Å². The zero-order valence-corrected chi connectivity index (χ0v) is 8.70. The van der Waals surface area contributed by atoms with Crippen LogP contribution in [-0.4, -0.2) is 11.2 Å². The lowest BCUT2D eigenvalue weighted by atomic mass is 10.0. The molecule has 2 nitrogen and oxygen atoms in total. The molecule has 2 unspecified atom stereocenters. The number of rotatable bonds is 2. The molecule has 1 aromatic heterocycles. The molecule has 0 radical (unpaired) electrons. The number of fused-ring (bicyclic) bond motifs is 1. The molecule has 0 fully saturated rings. The lowest BCUT2D eigenvalue weighted by molar-refractivity contribution is 0.159. The summed E-state index contributed by atoms with van der Waals surface area (Å²) in [7, 11) is 0. The first kappa shape index (κ1) is 10.2. The molecule has 0 amide bonds. The fourth-order valence-electron chi connectivity index (χ4n) is 1.50. The molecule has 0 bridgehead atoms. The van der Waals surface area contributed by atoms with Gasteiger partial charge in [-0.2, -0.15) is 0 Å². The largest absolute Gasteiger partial charge is 0.461 e. The molecule has 0 aliphatic carbocycles. The Bertz CT molecular complexity index is 473. The smallest absolute Gasteiger partial charge is 0.134 e. The van der Waals surface area contributed by atoms with Crippen LogP contribution in [0, 0.1) is 5.82 Å². The van der Waals surface area contributed by atoms with Crippen LogP contribution in [0.5, 0.6) is 0 Å². The summed E-state index contributed by atoms with van der Waals surface area (Å²) >= 11 is 0. The first-order chi connectivity index (χ1) is 7.08. The molecule has 2 aromatic rings. The molecule has 2 atom stereocenters. The minimum Gasteiger partial charge on any atom is -0.461 e. The van der Waals surface area contributed by atoms with E-state index in [-0.39, 0.29) is 11.7 Å². The van der Waals surface area contributed by atoms with Crippen LogP contribution in [0.25, 0.3) is 11.0 Å². The van der Waals surface area contributed by atoms with Gasteiger partial charge in [0.2, 0.25) is 0 Å². The Labute approximate surface area is 87.3 Å². The van der Waals surface area contributed by atoms with Gasteiger partial charge in [0.1, 0.15) is 17.2 Å². The molecular weight excluding hydrogens is 195 g/mol. The second kappa shape index (κ2) is 3.66. The van der Waals surface area contributed by atoms with Crippen molar-refractivity contribution in [3.63, 3.8) is 0 Å². The molecule has 1 aromatic carbocycles. The second-order valence-corrected chi connectivity index (χ2v) is 3.86. The van der Waals surface area contributed by atoms with Crippen LogP contribution in [-0.2, 0) is 0 Å². The lowest BCUT2D eigenvalue weighted by Crippen LogP contribution is -2.09. The van der Waals surface area contributed by atoms with E-state index in [4.69, 9.17) is 4.42 Å². The third-order valence-electron chi connectivity index (χ3n) is 2.67. The average molecular weight is 208 g/mol. The topological polar surface area (TPSA) is 33.4 Å². The molecule has 0 saturated heterocycles. The molecule has 1 N–H and O–H groups in total. The summed E-state index contributed by atoms with van der Waals surface area (Å²) < 4.78 is 18.4. The van der Waals surface area contributed by atoms with E-state index in [9.17, 15) is 9.50 Å². The standard InChI is InChI=1S/C12H13FO2/c1-7(8(2)14)12-6-9-5-10(13)3-4-11(9)15-12/h3-8,14H,1-2H3. The summed E-state index contributed by atoms with van der Waals surface area (Å²) in [6.45, 7) is 3.58. The highest BCUT2D eigenvalue weighted by molar-refractivity contribution is 5.78. The van der Waals surface area contributed by atoms with Gasteiger partial charge < -0.3 is 9.52 Å². The number of benzene rings is 1. The van der Waals surface area contributed by atoms with Crippen molar-refractivity contribution in [3.05, 3.63) is 35.8 Å². The van der Waals surface area contributed by atoms with Crippen molar-refractivity contribution >= 4 is 11.0 Å². The number of halogens is 1. The SMILES string of the molecule is CC(O)C(C)c1cc2cc(F)ccc2o1. The Kier molecular flexibility index (Phi) is 2.49. The summed E-state index contributed by atoms with van der Waals surface area (Å²) in [6.07, 6.45) is -0.476. The maximum atomic E-state index is 12.9. The third kappa shape index (κ3) is 1.88. The summed E-state index contributed by atoms with van der Waals surface area (Å²) in [6, 6.07) is 6.17. The van der Waals surface area contributed by atoms with E-state index < -0.39 is 6.10 Å². The van der Waals surface area contributed by atoms with Crippen LogP contribution in [0.3, 0.4) is 0 Å². The molecular formula is C12H13FO2. The van der Waals surface area contributed by atoms with Gasteiger partial charge in [0.15, 0.2) is 0 Å². The zero-order valence-electron chi connectivity index (χ0n) is 8.70. The van der Waals surface area contributed by atoms with Crippen molar-refractivity contribution in [3.8, 4) is 0 Å². The summed E-state index contributed by atoms with van der Waals surface area (Å²) in [5.74, 6) is 0.325. The minimum absolute atomic E-state index is 0.0829. The minimum atomic E-state index is -0.476. The van der Waals surface area contributed by atoms with Crippen LogP contribution in [0.1, 0.15) is 25.5 Å². The molecule has 0 aliphatic rings. The van der Waals surface area contributed by atoms with Crippen LogP contribution in [0.4, 0.5) is 4.39 Å². The van der Waals surface area contributed by atoms with Crippen LogP contribution < -0.4 is 0 Å². The highest BCUT2D eigenvalue weighted by atomic mass is 19.1. The molecule has 3 heteroatoms. The second-order valence-electron chi connectivity index (χ2n) is 3.86. The summed E-state index contributed by atoms with van der Waals surface area (Å²) in [5, 5.41) is 10.2. The summed E-state index contributed by atoms with van der Waals surface area (Å²) in [5.41, 5.74) is 0.652. The van der Waals surface area contributed by atoms with Gasteiger partial charge in [-0.1, -0.05) is 6.92 Å². The number of hydrogen-bond acceptors (Lipinski definition) is 2. The fourth-order valence-corrected chi connectivity index (χ4v) is 1.50. The number of furan rings is 1. The van der Waals surface area contributed by atoms with Crippen molar-refractivity contribution in [1.82, 2.24) is 0 Å². The van der Waals surface area contributed by atoms with E-state index in [1.54, 1.807) is 19.1 Å². The molecule has 1 heterocycles. The van der Waals surface area contributed by atoms with Crippen molar-refractivity contribution < 1.29 is 13.9 Å². The van der Waals surface area contributed by atoms with E-state index in [2.05, 4.69) is 0 Å². The van der Waals surface area contributed by atoms with Gasteiger partial charge in [-0.3, -0.25) is 0 Å². The maximum absolute atomic E-state index is 12.9. The number of aliphatic hydroxyl groups is 1. The Morgan fingerprint density at radius 1 is 1.27 bits per heavy atom. The van der Waals surface area contributed by atoms with E-state index >= 15 is 0 Å². The van der Waals surface area contributed by atoms with Gasteiger partial charge in [-0.25, -0.2) is 4.39 Å². The van der Waals surface area contributed by atoms with Gasteiger partial charge in [0.25, 0.3) is 0 Å². The van der Waals surface area contributed by atoms with E-state index in [1.165, 1.54) is 12.1 Å². The highest BCUT2D eigenvalue weighted by Crippen LogP contribution is 2.27. The van der Waals surface area contributed by atoms with E-state index in [0.717, 1.165) is 5.39 Å². The van der Waals surface area contributed by atoms with Crippen LogP contribution in [0.15, 0.2) is 28.7 Å². The first-order valence-corrected chi connectivity index (χ1v) is 4.95. The van der Waals surface area contributed by atoms with Crippen LogP contribution in [0.2, 0.25) is 0 Å². The molecule has 2 rings (SSSR count). The fraction of sp³-hybridized carbons (Fsp3) is 0.333. The quantitative estimate of drug-likeness (QED) is 0.822. The van der Waals surface area contributed by atoms with Gasteiger partial charge >= 0.3 is 0 Å². The van der Waals surface area contributed by atoms with E-state index in [0.29, 0.717) is 11.3 Å². The first-order valence-electron chi connectivity index (χ1n) is 4.95. The van der Waals surface area contributed by atoms with Gasteiger partial charge in [-0.05, 0) is 31.2 Å². The van der Waals surface area contributed by atoms with E-state index in [1.807, 2.05) is 6.92 Å². The van der Waals surface area contributed by atoms with Crippen molar-refractivity contribution in [2.24, 2.45) is 0 Å². The van der Waals surface area contributed by atoms with Gasteiger partial charge in [0.05, 0.1) is 6.10 Å². The monoisotopic (exact) mass is 208 g/mol. The maximum Gasteiger partial charge on any atom is 0.134 e. The Balaban J connectivity index is 2.47. The predicted octanol–water partition coefficient (Wildman–Crippen LogP) is 3.06. The number of hydrogen-bond donors (Lipinski definition) is 1. The lowest BCUT2D eigenvalue weighted by Gasteiger charge is -2.10. The molecule has 0 spiro atoms. The summed E-state index contributed by atoms with van der Waals surface area (Å²) in [4.78, 5) is 0. The Hall–Kier alpha value is -1.35. The van der Waals surface area contributed by atoms with Crippen molar-refractivity contribution in [2.45, 2.75) is 25.9 Å². The normalized spacial score (nSPS) is 15.5. The van der Waals surface area contributed by atoms with Crippen LogP contribution >= 0.6 is 0 Å².